The molecule has 0 bridgehead atoms. The van der Waals surface area contributed by atoms with Gasteiger partial charge in [0.1, 0.15) is 28.4 Å². The molecule has 3 aromatic rings. The van der Waals surface area contributed by atoms with Gasteiger partial charge in [0.05, 0.1) is 11.3 Å². The van der Waals surface area contributed by atoms with Crippen LogP contribution >= 0.6 is 0 Å². The number of aromatic hydroxyl groups is 2. The summed E-state index contributed by atoms with van der Waals surface area (Å²) in [6.07, 6.45) is 0.950. The van der Waals surface area contributed by atoms with Gasteiger partial charge in [-0.15, -0.1) is 0 Å². The summed E-state index contributed by atoms with van der Waals surface area (Å²) in [7, 11) is 0. The first kappa shape index (κ1) is 33.7. The summed E-state index contributed by atoms with van der Waals surface area (Å²) in [6, 6.07) is 2.19. The molecule has 0 spiro atoms. The molecule has 5 rings (SSSR count). The van der Waals surface area contributed by atoms with Crippen LogP contribution in [0.2, 0.25) is 0 Å². The van der Waals surface area contributed by atoms with Crippen molar-refractivity contribution < 1.29 is 14.9 Å². The maximum atomic E-state index is 12.1. The highest BCUT2D eigenvalue weighted by molar-refractivity contribution is 5.96. The van der Waals surface area contributed by atoms with E-state index in [-0.39, 0.29) is 33.7 Å². The minimum absolute atomic E-state index is 0.149. The first-order valence-corrected chi connectivity index (χ1v) is 16.0. The number of ether oxygens (including phenoxy) is 1. The Balaban J connectivity index is 0.00000116. The number of imidazole rings is 1. The van der Waals surface area contributed by atoms with Crippen molar-refractivity contribution in [3.63, 3.8) is 0 Å². The van der Waals surface area contributed by atoms with E-state index in [0.29, 0.717) is 22.7 Å². The molecule has 6 heteroatoms. The number of phenolic OH excluding ortho intramolecular Hbond substituents is 2. The molecule has 234 valence electrons. The van der Waals surface area contributed by atoms with Crippen molar-refractivity contribution in [2.75, 3.05) is 0 Å². The fourth-order valence-corrected chi connectivity index (χ4v) is 6.71. The van der Waals surface area contributed by atoms with E-state index < -0.39 is 11.1 Å². The molecule has 0 saturated heterocycles. The van der Waals surface area contributed by atoms with E-state index in [1.165, 1.54) is 0 Å². The van der Waals surface area contributed by atoms with E-state index in [9.17, 15) is 10.2 Å². The minimum Gasteiger partial charge on any atom is -0.505 e. The van der Waals surface area contributed by atoms with Crippen molar-refractivity contribution in [1.82, 2.24) is 14.5 Å². The predicted molar refractivity (Wildman–Crippen MR) is 176 cm³/mol. The molecule has 3 heterocycles. The molecule has 1 unspecified atom stereocenters. The van der Waals surface area contributed by atoms with Crippen molar-refractivity contribution in [3.8, 4) is 28.8 Å². The zero-order valence-electron chi connectivity index (χ0n) is 29.5. The fourth-order valence-electron chi connectivity index (χ4n) is 6.71. The van der Waals surface area contributed by atoms with Gasteiger partial charge < -0.3 is 14.9 Å². The van der Waals surface area contributed by atoms with Crippen LogP contribution in [-0.2, 0) is 22.0 Å². The number of hydrogen-bond donors (Lipinski definition) is 2. The van der Waals surface area contributed by atoms with Crippen LogP contribution in [0.3, 0.4) is 0 Å². The van der Waals surface area contributed by atoms with E-state index in [1.54, 1.807) is 0 Å². The summed E-state index contributed by atoms with van der Waals surface area (Å²) < 4.78 is 8.62. The average Bonchev–Trinajstić information content (AvgIpc) is 3.37. The molecule has 1 aliphatic carbocycles. The molecule has 2 aliphatic rings. The van der Waals surface area contributed by atoms with Gasteiger partial charge in [-0.25, -0.2) is 9.97 Å². The molecule has 0 radical (unpaired) electrons. The Hall–Kier alpha value is -2.76. The number of nitrogens with zero attached hydrogens (tertiary/aromatic N) is 3. The summed E-state index contributed by atoms with van der Waals surface area (Å²) in [5, 5.41) is 23.9. The summed E-state index contributed by atoms with van der Waals surface area (Å²) in [5.41, 5.74) is 3.42. The largest absolute Gasteiger partial charge is 0.505 e. The van der Waals surface area contributed by atoms with Crippen molar-refractivity contribution in [2.45, 2.75) is 152 Å². The van der Waals surface area contributed by atoms with Crippen LogP contribution < -0.4 is 4.74 Å². The number of rotatable bonds is 2. The van der Waals surface area contributed by atoms with Crippen molar-refractivity contribution in [1.29, 1.82) is 0 Å². The molecule has 1 aromatic carbocycles. The normalized spacial score (nSPS) is 19.3. The topological polar surface area (TPSA) is 80.4 Å². The summed E-state index contributed by atoms with van der Waals surface area (Å²) >= 11 is 0. The second-order valence-corrected chi connectivity index (χ2v) is 14.7. The van der Waals surface area contributed by atoms with E-state index in [4.69, 9.17) is 14.7 Å². The van der Waals surface area contributed by atoms with Crippen LogP contribution in [0.4, 0.5) is 0 Å². The lowest BCUT2D eigenvalue weighted by molar-refractivity contribution is 0.0245. The Kier molecular flexibility index (Phi) is 8.39. The first-order chi connectivity index (χ1) is 19.2. The number of hydrogen-bond acceptors (Lipinski definition) is 5. The lowest BCUT2D eigenvalue weighted by Gasteiger charge is -2.44. The van der Waals surface area contributed by atoms with Crippen LogP contribution in [0, 0.1) is 5.41 Å². The smallest absolute Gasteiger partial charge is 0.227 e. The van der Waals surface area contributed by atoms with Gasteiger partial charge in [0.25, 0.3) is 0 Å². The number of pyridine rings is 1. The first-order valence-electron chi connectivity index (χ1n) is 16.0. The van der Waals surface area contributed by atoms with Gasteiger partial charge >= 0.3 is 0 Å². The van der Waals surface area contributed by atoms with Gasteiger partial charge in [-0.1, -0.05) is 104 Å². The zero-order chi connectivity index (χ0) is 32.5. The number of benzene rings is 1. The molecular formula is C36H57N3O3. The molecule has 6 nitrogen and oxygen atoms in total. The van der Waals surface area contributed by atoms with Crippen LogP contribution in [0.5, 0.6) is 17.4 Å². The highest BCUT2D eigenvalue weighted by atomic mass is 16.5. The zero-order valence-corrected chi connectivity index (χ0v) is 29.5. The van der Waals surface area contributed by atoms with E-state index >= 15 is 0 Å². The van der Waals surface area contributed by atoms with Crippen molar-refractivity contribution in [2.24, 2.45) is 5.41 Å². The van der Waals surface area contributed by atoms with Crippen molar-refractivity contribution >= 4 is 11.0 Å². The second-order valence-electron chi connectivity index (χ2n) is 14.7. The van der Waals surface area contributed by atoms with Crippen molar-refractivity contribution in [3.05, 3.63) is 28.5 Å². The Bertz CT molecular complexity index is 1500. The van der Waals surface area contributed by atoms with Gasteiger partial charge in [-0.05, 0) is 54.1 Å². The molecule has 2 N–H and O–H groups in total. The molecule has 0 amide bonds. The molecule has 42 heavy (non-hydrogen) atoms. The van der Waals surface area contributed by atoms with E-state index in [2.05, 4.69) is 82.2 Å². The van der Waals surface area contributed by atoms with Crippen LogP contribution in [0.25, 0.3) is 22.4 Å². The monoisotopic (exact) mass is 579 g/mol. The van der Waals surface area contributed by atoms with Gasteiger partial charge in [-0.2, -0.15) is 0 Å². The molecule has 2 aromatic heterocycles. The van der Waals surface area contributed by atoms with Gasteiger partial charge in [0.15, 0.2) is 5.72 Å². The standard InChI is InChI=1S/C32H45N3O3.2C2H6/c1-14-16(2)17-15-18(28(3,4)5)33-27-19(17)26-34-22-23(35(26)32(12,13)38-27)25(37)21-20(24(22)36)29(6,7)31(10,11)30(21,8)9;2*1-2/h15-16,36-37H,14H2,1-13H3;2*1-2H3. The number of phenols is 2. The predicted octanol–water partition coefficient (Wildman–Crippen LogP) is 10.1. The SMILES string of the molecule is CC.CC.CCC(C)c1cc(C(C)(C)C)nc2c1-c1nc3c(O)c4c(c(O)c3n1C(C)(C)O2)C(C)(C)C(C)(C)C4(C)C. The van der Waals surface area contributed by atoms with Gasteiger partial charge in [-0.3, -0.25) is 4.57 Å². The highest BCUT2D eigenvalue weighted by Crippen LogP contribution is 2.67. The lowest BCUT2D eigenvalue weighted by atomic mass is 9.59. The molecular weight excluding hydrogens is 522 g/mol. The quantitative estimate of drug-likeness (QED) is 0.295. The number of aromatic nitrogens is 3. The maximum absolute atomic E-state index is 12.1. The fraction of sp³-hybridized carbons (Fsp3) is 0.667. The van der Waals surface area contributed by atoms with Gasteiger partial charge in [0.2, 0.25) is 5.88 Å². The average molecular weight is 580 g/mol. The van der Waals surface area contributed by atoms with Crippen LogP contribution in [0.15, 0.2) is 6.07 Å². The third-order valence-corrected chi connectivity index (χ3v) is 10.5. The molecule has 1 aliphatic heterocycles. The van der Waals surface area contributed by atoms with E-state index in [0.717, 1.165) is 34.4 Å². The third kappa shape index (κ3) is 4.33. The maximum Gasteiger partial charge on any atom is 0.227 e. The van der Waals surface area contributed by atoms with Crippen LogP contribution in [-0.4, -0.2) is 24.7 Å². The Morgan fingerprint density at radius 1 is 0.857 bits per heavy atom. The lowest BCUT2D eigenvalue weighted by Crippen LogP contribution is -2.42. The molecule has 0 fully saturated rings. The van der Waals surface area contributed by atoms with Gasteiger partial charge in [0, 0.05) is 16.5 Å². The second kappa shape index (κ2) is 10.4. The highest BCUT2D eigenvalue weighted by Gasteiger charge is 2.60. The molecule has 1 atom stereocenters. The Morgan fingerprint density at radius 3 is 1.83 bits per heavy atom. The Morgan fingerprint density at radius 2 is 1.36 bits per heavy atom. The number of fused-ring (bicyclic) bond motifs is 6. The van der Waals surface area contributed by atoms with Crippen LogP contribution in [0.1, 0.15) is 152 Å². The summed E-state index contributed by atoms with van der Waals surface area (Å²) in [4.78, 5) is 10.1. The summed E-state index contributed by atoms with van der Waals surface area (Å²) in [6.45, 7) is 35.9. The summed E-state index contributed by atoms with van der Waals surface area (Å²) in [5.74, 6) is 1.82. The Labute approximate surface area is 254 Å². The molecule has 0 saturated carbocycles. The third-order valence-electron chi connectivity index (χ3n) is 10.5. The van der Waals surface area contributed by atoms with E-state index in [1.807, 2.05) is 46.1 Å². The minimum atomic E-state index is -0.890.